The summed E-state index contributed by atoms with van der Waals surface area (Å²) in [5, 5.41) is 6.32. The van der Waals surface area contributed by atoms with Crippen LogP contribution >= 0.6 is 0 Å². The van der Waals surface area contributed by atoms with Crippen molar-refractivity contribution >= 4 is 53.5 Å². The number of hydrogen-bond acceptors (Lipinski definition) is 5. The van der Waals surface area contributed by atoms with Gasteiger partial charge < -0.3 is 19.6 Å². The van der Waals surface area contributed by atoms with E-state index in [1.165, 1.54) is 4.90 Å². The normalized spacial score (nSPS) is 14.1. The van der Waals surface area contributed by atoms with E-state index >= 15 is 0 Å². The molecule has 0 saturated carbocycles. The number of nitrogens with zero attached hydrogens (tertiary/aromatic N) is 3. The average Bonchev–Trinajstić information content (AvgIpc) is 3.66. The molecule has 1 radical (unpaired) electrons. The zero-order valence-corrected chi connectivity index (χ0v) is 34.4. The zero-order chi connectivity index (χ0) is 40.3. The second-order valence-electron chi connectivity index (χ2n) is 16.6. The minimum atomic E-state index is -1.82. The average molecular weight is 779 g/mol. The number of alkyl halides is 1. The van der Waals surface area contributed by atoms with Crippen LogP contribution in [-0.2, 0) is 14.6 Å². The summed E-state index contributed by atoms with van der Waals surface area (Å²) in [6.45, 7) is 12.7. The van der Waals surface area contributed by atoms with Crippen LogP contribution < -0.4 is 15.7 Å². The number of amides is 2. The van der Waals surface area contributed by atoms with Crippen molar-refractivity contribution in [3.8, 4) is 11.3 Å². The van der Waals surface area contributed by atoms with E-state index in [4.69, 9.17) is 9.41 Å². The van der Waals surface area contributed by atoms with Crippen LogP contribution in [0.1, 0.15) is 81.2 Å². The Labute approximate surface area is 336 Å². The van der Waals surface area contributed by atoms with Gasteiger partial charge in [-0.05, 0) is 63.0 Å². The van der Waals surface area contributed by atoms with Crippen molar-refractivity contribution in [3.63, 3.8) is 0 Å². The molecule has 0 bridgehead atoms. The molecule has 1 unspecified atom stereocenters. The Morgan fingerprint density at radius 3 is 2.12 bits per heavy atom. The molecule has 2 aromatic heterocycles. The molecule has 2 amide bonds. The maximum Gasteiger partial charge on any atom is 0.283 e. The molecule has 57 heavy (non-hydrogen) atoms. The maximum absolute atomic E-state index is 14.2. The van der Waals surface area contributed by atoms with E-state index in [1.54, 1.807) is 6.33 Å². The highest BCUT2D eigenvalue weighted by Gasteiger charge is 2.37. The van der Waals surface area contributed by atoms with E-state index in [2.05, 4.69) is 81.1 Å². The summed E-state index contributed by atoms with van der Waals surface area (Å²) in [7, 11) is -1.82. The fourth-order valence-corrected chi connectivity index (χ4v) is 9.60. The summed E-state index contributed by atoms with van der Waals surface area (Å²) in [6.07, 6.45) is 3.58. The standard InChI is InChI=1S/C47H49FN5O3Si/c1-46(2,3)33-22-20-32(21-23-33)45(55)52-38-19-13-18-36(42-37-28-39(51-44(37)50-30-49-42)31-24-26-53(27-25-31)40(54)29-48)41(38)43(47(4,5)6)56-57(34-14-9-7-10-15-34)35-16-11-8-12-17-35/h7-24,28,30,43H,25-27,29H2,1-6H3,(H,52,55)(H,49,50,51). The fraction of sp³-hybridized carbons (Fsp3) is 0.277. The lowest BCUT2D eigenvalue weighted by Gasteiger charge is -2.36. The SMILES string of the molecule is CC(C)(C)c1ccc(C(=O)Nc2cccc(-c3ncnc4[nH]c(C5=CCN(C(=O)CF)CC5)cc34)c2C(O[Si](c2ccccc2)c2ccccc2)C(C)(C)C)cc1. The lowest BCUT2D eigenvalue weighted by molar-refractivity contribution is -0.131. The van der Waals surface area contributed by atoms with Gasteiger partial charge >= 0.3 is 0 Å². The molecule has 8 nitrogen and oxygen atoms in total. The Morgan fingerprint density at radius 2 is 1.54 bits per heavy atom. The largest absolute Gasteiger partial charge is 0.400 e. The van der Waals surface area contributed by atoms with Gasteiger partial charge in [-0.3, -0.25) is 9.59 Å². The topological polar surface area (TPSA) is 100 Å². The lowest BCUT2D eigenvalue weighted by Crippen LogP contribution is -2.47. The molecule has 1 aliphatic heterocycles. The van der Waals surface area contributed by atoms with Gasteiger partial charge in [0.15, 0.2) is 6.67 Å². The molecular formula is C47H49FN5O3Si. The molecule has 0 spiro atoms. The first-order valence-corrected chi connectivity index (χ1v) is 20.8. The summed E-state index contributed by atoms with van der Waals surface area (Å²) in [6, 6.07) is 36.5. The first-order valence-electron chi connectivity index (χ1n) is 19.4. The molecule has 10 heteroatoms. The van der Waals surface area contributed by atoms with Crippen LogP contribution in [0.2, 0.25) is 0 Å². The van der Waals surface area contributed by atoms with Gasteiger partial charge in [-0.15, -0.1) is 0 Å². The molecule has 0 aliphatic carbocycles. The Hall–Kier alpha value is -5.71. The van der Waals surface area contributed by atoms with E-state index in [1.807, 2.05) is 91.0 Å². The second-order valence-corrected chi connectivity index (χ2v) is 18.6. The third-order valence-electron chi connectivity index (χ3n) is 10.4. The number of anilines is 1. The molecule has 291 valence electrons. The predicted octanol–water partition coefficient (Wildman–Crippen LogP) is 8.67. The van der Waals surface area contributed by atoms with Crippen LogP contribution in [0.3, 0.4) is 0 Å². The molecule has 1 aliphatic rings. The van der Waals surface area contributed by atoms with E-state index in [-0.39, 0.29) is 11.3 Å². The predicted molar refractivity (Wildman–Crippen MR) is 229 cm³/mol. The number of benzene rings is 4. The highest BCUT2D eigenvalue weighted by atomic mass is 28.3. The van der Waals surface area contributed by atoms with Crippen molar-refractivity contribution in [1.29, 1.82) is 0 Å². The van der Waals surface area contributed by atoms with Crippen molar-refractivity contribution < 1.29 is 18.4 Å². The number of rotatable bonds is 10. The smallest absolute Gasteiger partial charge is 0.283 e. The second kappa shape index (κ2) is 16.4. The number of aromatic amines is 1. The van der Waals surface area contributed by atoms with Gasteiger partial charge in [0, 0.05) is 46.5 Å². The fourth-order valence-electron chi connectivity index (χ4n) is 7.30. The molecule has 0 saturated heterocycles. The lowest BCUT2D eigenvalue weighted by atomic mass is 9.81. The van der Waals surface area contributed by atoms with E-state index in [9.17, 15) is 14.0 Å². The van der Waals surface area contributed by atoms with Crippen LogP contribution in [0.5, 0.6) is 0 Å². The number of carbonyl (C=O) groups excluding carboxylic acids is 2. The molecule has 3 heterocycles. The third-order valence-corrected chi connectivity index (χ3v) is 12.6. The molecule has 6 aromatic rings. The maximum atomic E-state index is 14.2. The highest BCUT2D eigenvalue weighted by Crippen LogP contribution is 2.46. The van der Waals surface area contributed by atoms with Gasteiger partial charge in [0.1, 0.15) is 12.0 Å². The van der Waals surface area contributed by atoms with Crippen LogP contribution in [0.15, 0.2) is 122 Å². The van der Waals surface area contributed by atoms with Gasteiger partial charge in [0.05, 0.1) is 11.8 Å². The summed E-state index contributed by atoms with van der Waals surface area (Å²) in [4.78, 5) is 40.7. The third kappa shape index (κ3) is 8.67. The van der Waals surface area contributed by atoms with Crippen LogP contribution in [-0.4, -0.2) is 60.5 Å². The van der Waals surface area contributed by atoms with E-state index < -0.39 is 33.1 Å². The molecule has 0 fully saturated rings. The Kier molecular flexibility index (Phi) is 11.4. The minimum absolute atomic E-state index is 0.0477. The van der Waals surface area contributed by atoms with Gasteiger partial charge in [0.2, 0.25) is 0 Å². The Bertz CT molecular complexity index is 2360. The molecule has 1 atom stereocenters. The molecular weight excluding hydrogens is 730 g/mol. The van der Waals surface area contributed by atoms with Gasteiger partial charge in [-0.2, -0.15) is 0 Å². The Balaban J connectivity index is 1.38. The first-order chi connectivity index (χ1) is 27.3. The number of nitrogens with one attached hydrogen (secondary N) is 2. The highest BCUT2D eigenvalue weighted by molar-refractivity contribution is 6.80. The number of halogens is 1. The van der Waals surface area contributed by atoms with E-state index in [0.29, 0.717) is 42.1 Å². The van der Waals surface area contributed by atoms with Gasteiger partial charge in [-0.25, -0.2) is 14.4 Å². The van der Waals surface area contributed by atoms with Crippen LogP contribution in [0, 0.1) is 5.41 Å². The summed E-state index contributed by atoms with van der Waals surface area (Å²) >= 11 is 0. The van der Waals surface area contributed by atoms with Gasteiger partial charge in [-0.1, -0.05) is 133 Å². The summed E-state index contributed by atoms with van der Waals surface area (Å²) < 4.78 is 20.6. The van der Waals surface area contributed by atoms with Crippen molar-refractivity contribution in [3.05, 3.63) is 144 Å². The summed E-state index contributed by atoms with van der Waals surface area (Å²) in [5.41, 5.74) is 6.71. The number of aromatic nitrogens is 3. The van der Waals surface area contributed by atoms with Crippen LogP contribution in [0.25, 0.3) is 27.9 Å². The quantitative estimate of drug-likeness (QED) is 0.136. The van der Waals surface area contributed by atoms with Gasteiger partial charge in [0.25, 0.3) is 20.9 Å². The monoisotopic (exact) mass is 778 g/mol. The zero-order valence-electron chi connectivity index (χ0n) is 33.4. The van der Waals surface area contributed by atoms with Crippen molar-refractivity contribution in [2.75, 3.05) is 25.1 Å². The van der Waals surface area contributed by atoms with Crippen LogP contribution in [0.4, 0.5) is 10.1 Å². The summed E-state index contributed by atoms with van der Waals surface area (Å²) in [5.74, 6) is -0.726. The number of H-pyrrole nitrogens is 1. The minimum Gasteiger partial charge on any atom is -0.400 e. The Morgan fingerprint density at radius 1 is 0.877 bits per heavy atom. The number of fused-ring (bicyclic) bond motifs is 1. The van der Waals surface area contributed by atoms with Crippen molar-refractivity contribution in [1.82, 2.24) is 19.9 Å². The number of carbonyl (C=O) groups is 2. The first kappa shape index (κ1) is 39.5. The van der Waals surface area contributed by atoms with Crippen molar-refractivity contribution in [2.45, 2.75) is 59.5 Å². The van der Waals surface area contributed by atoms with E-state index in [0.717, 1.165) is 43.7 Å². The number of hydrogen-bond donors (Lipinski definition) is 2. The van der Waals surface area contributed by atoms with Crippen molar-refractivity contribution in [2.24, 2.45) is 5.41 Å². The molecule has 4 aromatic carbocycles. The molecule has 2 N–H and O–H groups in total. The molecule has 7 rings (SSSR count).